The summed E-state index contributed by atoms with van der Waals surface area (Å²) in [6, 6.07) is 17.3. The molecule has 1 fully saturated rings. The average Bonchev–Trinajstić information content (AvgIpc) is 2.70. The lowest BCUT2D eigenvalue weighted by Crippen LogP contribution is -3.16. The molecule has 1 aliphatic rings. The fourth-order valence-corrected chi connectivity index (χ4v) is 3.64. The van der Waals surface area contributed by atoms with E-state index in [1.807, 2.05) is 24.3 Å². The molecule has 0 amide bonds. The zero-order valence-corrected chi connectivity index (χ0v) is 15.2. The maximum atomic E-state index is 5.27. The molecule has 1 heterocycles. The van der Waals surface area contributed by atoms with Crippen molar-refractivity contribution in [2.45, 2.75) is 6.04 Å². The molecule has 0 bridgehead atoms. The number of anilines is 1. The number of ether oxygens (including phenoxy) is 2. The number of methoxy groups -OCH3 is 2. The minimum Gasteiger partial charge on any atom is -0.497 e. The number of nitrogens with one attached hydrogen (secondary N) is 1. The highest BCUT2D eigenvalue weighted by Gasteiger charge is 2.29. The Morgan fingerprint density at radius 2 is 1.44 bits per heavy atom. The van der Waals surface area contributed by atoms with Gasteiger partial charge in [0.1, 0.15) is 18.0 Å². The normalized spacial score (nSPS) is 16.5. The SMILES string of the molecule is COc1ccc([C@H](C[NH3+])[NH+]2CCN(c3ccc(OC)cc3)CC2)cc1. The molecule has 5 nitrogen and oxygen atoms in total. The Labute approximate surface area is 149 Å². The van der Waals surface area contributed by atoms with Gasteiger partial charge in [-0.1, -0.05) is 0 Å². The monoisotopic (exact) mass is 343 g/mol. The van der Waals surface area contributed by atoms with Gasteiger partial charge in [0.15, 0.2) is 6.04 Å². The zero-order valence-electron chi connectivity index (χ0n) is 15.2. The van der Waals surface area contributed by atoms with E-state index >= 15 is 0 Å². The summed E-state index contributed by atoms with van der Waals surface area (Å²) in [6.45, 7) is 5.28. The van der Waals surface area contributed by atoms with Crippen LogP contribution in [0.1, 0.15) is 11.6 Å². The van der Waals surface area contributed by atoms with Crippen LogP contribution in [0.4, 0.5) is 5.69 Å². The summed E-state index contributed by atoms with van der Waals surface area (Å²) >= 11 is 0. The third-order valence-electron chi connectivity index (χ3n) is 5.14. The average molecular weight is 343 g/mol. The lowest BCUT2D eigenvalue weighted by molar-refractivity contribution is -0.938. The van der Waals surface area contributed by atoms with E-state index in [4.69, 9.17) is 9.47 Å². The smallest absolute Gasteiger partial charge is 0.163 e. The largest absolute Gasteiger partial charge is 0.497 e. The molecule has 0 aliphatic carbocycles. The number of benzene rings is 2. The van der Waals surface area contributed by atoms with Crippen LogP contribution in [0.2, 0.25) is 0 Å². The molecule has 0 saturated carbocycles. The van der Waals surface area contributed by atoms with Gasteiger partial charge in [0.2, 0.25) is 0 Å². The van der Waals surface area contributed by atoms with Gasteiger partial charge < -0.3 is 25.0 Å². The first kappa shape index (κ1) is 17.6. The number of rotatable bonds is 6. The third kappa shape index (κ3) is 4.06. The summed E-state index contributed by atoms with van der Waals surface area (Å²) in [7, 11) is 3.41. The molecule has 4 N–H and O–H groups in total. The molecule has 1 aliphatic heterocycles. The van der Waals surface area contributed by atoms with Crippen molar-refractivity contribution in [3.05, 3.63) is 54.1 Å². The first-order valence-electron chi connectivity index (χ1n) is 8.92. The van der Waals surface area contributed by atoms with Gasteiger partial charge in [-0.05, 0) is 48.5 Å². The molecule has 1 atom stereocenters. The van der Waals surface area contributed by atoms with Gasteiger partial charge in [-0.3, -0.25) is 0 Å². The fourth-order valence-electron chi connectivity index (χ4n) is 3.64. The predicted molar refractivity (Wildman–Crippen MR) is 99.4 cm³/mol. The molecule has 134 valence electrons. The van der Waals surface area contributed by atoms with Crippen molar-refractivity contribution >= 4 is 5.69 Å². The molecule has 1 saturated heterocycles. The van der Waals surface area contributed by atoms with Crippen molar-refractivity contribution in [2.75, 3.05) is 51.8 Å². The van der Waals surface area contributed by atoms with Crippen LogP contribution in [0.5, 0.6) is 11.5 Å². The van der Waals surface area contributed by atoms with E-state index in [-0.39, 0.29) is 0 Å². The van der Waals surface area contributed by atoms with Gasteiger partial charge in [0.25, 0.3) is 0 Å². The van der Waals surface area contributed by atoms with Crippen molar-refractivity contribution in [3.63, 3.8) is 0 Å². The van der Waals surface area contributed by atoms with Gasteiger partial charge >= 0.3 is 0 Å². The van der Waals surface area contributed by atoms with Crippen LogP contribution in [0, 0.1) is 0 Å². The second-order valence-corrected chi connectivity index (χ2v) is 6.46. The first-order chi connectivity index (χ1) is 12.2. The number of nitrogens with zero attached hydrogens (tertiary/aromatic N) is 1. The Morgan fingerprint density at radius 1 is 0.920 bits per heavy atom. The predicted octanol–water partition coefficient (Wildman–Crippen LogP) is 0.392. The maximum Gasteiger partial charge on any atom is 0.163 e. The van der Waals surface area contributed by atoms with Crippen molar-refractivity contribution in [2.24, 2.45) is 0 Å². The number of piperazine rings is 1. The molecule has 0 unspecified atom stereocenters. The molecular weight excluding hydrogens is 314 g/mol. The zero-order chi connectivity index (χ0) is 17.6. The van der Waals surface area contributed by atoms with E-state index in [0.29, 0.717) is 6.04 Å². The highest BCUT2D eigenvalue weighted by Crippen LogP contribution is 2.20. The van der Waals surface area contributed by atoms with Crippen molar-refractivity contribution in [3.8, 4) is 11.5 Å². The van der Waals surface area contributed by atoms with E-state index in [2.05, 4.69) is 34.9 Å². The topological polar surface area (TPSA) is 53.8 Å². The van der Waals surface area contributed by atoms with Gasteiger partial charge in [-0.2, -0.15) is 0 Å². The second kappa shape index (κ2) is 8.23. The van der Waals surface area contributed by atoms with Gasteiger partial charge in [-0.25, -0.2) is 0 Å². The quantitative estimate of drug-likeness (QED) is 0.798. The molecule has 0 aromatic heterocycles. The number of quaternary nitrogens is 2. The fraction of sp³-hybridized carbons (Fsp3) is 0.400. The van der Waals surface area contributed by atoms with Gasteiger partial charge in [0.05, 0.1) is 40.4 Å². The number of hydrogen-bond acceptors (Lipinski definition) is 3. The van der Waals surface area contributed by atoms with Crippen LogP contribution >= 0.6 is 0 Å². The number of hydrogen-bond donors (Lipinski definition) is 2. The lowest BCUT2D eigenvalue weighted by atomic mass is 10.0. The standard InChI is InChI=1S/C20H27N3O2/c1-24-18-7-3-16(4-8-18)20(15-21)23-13-11-22(12-14-23)17-5-9-19(25-2)10-6-17/h3-10,20H,11-15,21H2,1-2H3/p+2/t20-/m0/s1. The van der Waals surface area contributed by atoms with Crippen LogP contribution in [-0.2, 0) is 0 Å². The van der Waals surface area contributed by atoms with Crippen molar-refractivity contribution in [1.29, 1.82) is 0 Å². The summed E-state index contributed by atoms with van der Waals surface area (Å²) in [4.78, 5) is 4.07. The third-order valence-corrected chi connectivity index (χ3v) is 5.14. The van der Waals surface area contributed by atoms with Gasteiger partial charge in [-0.15, -0.1) is 0 Å². The molecule has 0 spiro atoms. The lowest BCUT2D eigenvalue weighted by Gasteiger charge is -2.36. The minimum absolute atomic E-state index is 0.448. The molecular formula is C20H29N3O2+2. The van der Waals surface area contributed by atoms with Crippen LogP contribution in [0.25, 0.3) is 0 Å². The van der Waals surface area contributed by atoms with Gasteiger partial charge in [0, 0.05) is 11.3 Å². The van der Waals surface area contributed by atoms with Crippen LogP contribution < -0.4 is 25.0 Å². The highest BCUT2D eigenvalue weighted by molar-refractivity contribution is 5.49. The van der Waals surface area contributed by atoms with Crippen molar-refractivity contribution in [1.82, 2.24) is 0 Å². The summed E-state index contributed by atoms with van der Waals surface area (Å²) in [5, 5.41) is 0. The molecule has 2 aromatic carbocycles. The Kier molecular flexibility index (Phi) is 5.79. The molecule has 2 aromatic rings. The Bertz CT molecular complexity index is 650. The minimum atomic E-state index is 0.448. The van der Waals surface area contributed by atoms with E-state index in [1.165, 1.54) is 11.3 Å². The molecule has 0 radical (unpaired) electrons. The first-order valence-corrected chi connectivity index (χ1v) is 8.92. The summed E-state index contributed by atoms with van der Waals surface area (Å²) in [5.74, 6) is 1.82. The summed E-state index contributed by atoms with van der Waals surface area (Å²) in [6.07, 6.45) is 0. The highest BCUT2D eigenvalue weighted by atomic mass is 16.5. The van der Waals surface area contributed by atoms with Crippen molar-refractivity contribution < 1.29 is 20.1 Å². The summed E-state index contributed by atoms with van der Waals surface area (Å²) in [5.41, 5.74) is 6.82. The molecule has 3 rings (SSSR count). The maximum absolute atomic E-state index is 5.27. The molecule has 5 heteroatoms. The second-order valence-electron chi connectivity index (χ2n) is 6.46. The summed E-state index contributed by atoms with van der Waals surface area (Å²) < 4.78 is 10.5. The Balaban J connectivity index is 1.62. The Hall–Kier alpha value is -2.24. The van der Waals surface area contributed by atoms with E-state index < -0.39 is 0 Å². The van der Waals surface area contributed by atoms with Crippen LogP contribution in [-0.4, -0.2) is 46.9 Å². The van der Waals surface area contributed by atoms with Crippen LogP contribution in [0.15, 0.2) is 48.5 Å². The Morgan fingerprint density at radius 3 is 1.92 bits per heavy atom. The van der Waals surface area contributed by atoms with Crippen LogP contribution in [0.3, 0.4) is 0 Å². The molecule has 25 heavy (non-hydrogen) atoms. The van der Waals surface area contributed by atoms with E-state index in [0.717, 1.165) is 44.2 Å². The van der Waals surface area contributed by atoms with E-state index in [9.17, 15) is 0 Å². The van der Waals surface area contributed by atoms with E-state index in [1.54, 1.807) is 19.1 Å².